The number of aryl methyl sites for hydroxylation is 1. The van der Waals surface area contributed by atoms with Gasteiger partial charge in [-0.1, -0.05) is 30.3 Å². The van der Waals surface area contributed by atoms with E-state index in [2.05, 4.69) is 0 Å². The number of carboxylic acids is 1. The van der Waals surface area contributed by atoms with Gasteiger partial charge in [-0.05, 0) is 36.2 Å². The molecule has 0 aromatic heterocycles. The van der Waals surface area contributed by atoms with Gasteiger partial charge in [0.25, 0.3) is 0 Å². The van der Waals surface area contributed by atoms with Crippen molar-refractivity contribution in [2.45, 2.75) is 19.9 Å². The molecule has 1 heterocycles. The molecule has 0 spiro atoms. The molecule has 2 aromatic carbocycles. The maximum Gasteiger partial charge on any atom is 0.308 e. The van der Waals surface area contributed by atoms with Crippen molar-refractivity contribution < 1.29 is 24.2 Å². The zero-order valence-corrected chi connectivity index (χ0v) is 15.3. The van der Waals surface area contributed by atoms with E-state index in [0.717, 1.165) is 16.9 Å². The predicted octanol–water partition coefficient (Wildman–Crippen LogP) is 2.89. The van der Waals surface area contributed by atoms with Gasteiger partial charge >= 0.3 is 5.97 Å². The van der Waals surface area contributed by atoms with Gasteiger partial charge in [-0.25, -0.2) is 0 Å². The lowest BCUT2D eigenvalue weighted by Crippen LogP contribution is -2.25. The summed E-state index contributed by atoms with van der Waals surface area (Å²) in [5.41, 5.74) is 1.99. The molecule has 27 heavy (non-hydrogen) atoms. The van der Waals surface area contributed by atoms with Crippen molar-refractivity contribution in [2.24, 2.45) is 5.92 Å². The fourth-order valence-electron chi connectivity index (χ4n) is 3.07. The zero-order chi connectivity index (χ0) is 19.2. The fourth-order valence-corrected chi connectivity index (χ4v) is 3.07. The summed E-state index contributed by atoms with van der Waals surface area (Å²) < 4.78 is 11.4. The van der Waals surface area contributed by atoms with Crippen LogP contribution in [0.3, 0.4) is 0 Å². The van der Waals surface area contributed by atoms with Crippen LogP contribution in [0.15, 0.2) is 48.5 Å². The Morgan fingerprint density at radius 2 is 1.93 bits per heavy atom. The number of nitrogens with zero attached hydrogens (tertiary/aromatic N) is 1. The molecule has 3 rings (SSSR count). The smallest absolute Gasteiger partial charge is 0.308 e. The topological polar surface area (TPSA) is 76.1 Å². The highest BCUT2D eigenvalue weighted by atomic mass is 16.5. The maximum absolute atomic E-state index is 12.0. The van der Waals surface area contributed by atoms with Crippen molar-refractivity contribution in [3.8, 4) is 11.5 Å². The van der Waals surface area contributed by atoms with E-state index in [1.165, 1.54) is 0 Å². The quantitative estimate of drug-likeness (QED) is 0.724. The molecule has 0 aliphatic carbocycles. The summed E-state index contributed by atoms with van der Waals surface area (Å²) >= 11 is 0. The first-order valence-corrected chi connectivity index (χ1v) is 8.93. The Kier molecular flexibility index (Phi) is 5.96. The van der Waals surface area contributed by atoms with Crippen molar-refractivity contribution in [3.63, 3.8) is 0 Å². The molecule has 1 atom stereocenters. The number of ether oxygens (including phenoxy) is 2. The monoisotopic (exact) mass is 369 g/mol. The van der Waals surface area contributed by atoms with Crippen molar-refractivity contribution in [3.05, 3.63) is 59.7 Å². The van der Waals surface area contributed by atoms with Gasteiger partial charge in [-0.2, -0.15) is 0 Å². The number of hydrogen-bond acceptors (Lipinski definition) is 4. The number of carbonyl (C=O) groups excluding carboxylic acids is 1. The third-order valence-corrected chi connectivity index (χ3v) is 4.54. The highest BCUT2D eigenvalue weighted by molar-refractivity contribution is 5.86. The SMILES string of the molecule is Cc1ccccc1OCCOc1cccc(CN2CC(C(=O)O)CC2=O)c1. The number of rotatable bonds is 8. The van der Waals surface area contributed by atoms with E-state index in [1.807, 2.05) is 55.5 Å². The van der Waals surface area contributed by atoms with Gasteiger partial charge in [0.15, 0.2) is 0 Å². The minimum Gasteiger partial charge on any atom is -0.490 e. The van der Waals surface area contributed by atoms with E-state index >= 15 is 0 Å². The molecule has 1 fully saturated rings. The molecular weight excluding hydrogens is 346 g/mol. The molecule has 142 valence electrons. The second-order valence-corrected chi connectivity index (χ2v) is 6.62. The minimum atomic E-state index is -0.920. The summed E-state index contributed by atoms with van der Waals surface area (Å²) in [6.07, 6.45) is 0.0712. The number of carbonyl (C=O) groups is 2. The Bertz CT molecular complexity index is 820. The van der Waals surface area contributed by atoms with Crippen molar-refractivity contribution in [2.75, 3.05) is 19.8 Å². The van der Waals surface area contributed by atoms with Crippen LogP contribution in [-0.4, -0.2) is 41.6 Å². The minimum absolute atomic E-state index is 0.0712. The van der Waals surface area contributed by atoms with E-state index in [9.17, 15) is 9.59 Å². The first-order valence-electron chi connectivity index (χ1n) is 8.93. The van der Waals surface area contributed by atoms with Crippen molar-refractivity contribution in [1.82, 2.24) is 4.90 Å². The number of carboxylic acid groups (broad SMARTS) is 1. The molecule has 0 bridgehead atoms. The first kappa shape index (κ1) is 18.8. The Morgan fingerprint density at radius 3 is 2.67 bits per heavy atom. The fraction of sp³-hybridized carbons (Fsp3) is 0.333. The van der Waals surface area contributed by atoms with Gasteiger partial charge in [-0.15, -0.1) is 0 Å². The van der Waals surface area contributed by atoms with Gasteiger partial charge in [0.2, 0.25) is 5.91 Å². The molecule has 1 unspecified atom stereocenters. The summed E-state index contributed by atoms with van der Waals surface area (Å²) in [6.45, 7) is 3.47. The molecule has 2 aromatic rings. The van der Waals surface area contributed by atoms with Crippen LogP contribution < -0.4 is 9.47 Å². The molecule has 1 N–H and O–H groups in total. The number of para-hydroxylation sites is 1. The van der Waals surface area contributed by atoms with Crippen LogP contribution in [0.4, 0.5) is 0 Å². The molecule has 6 nitrogen and oxygen atoms in total. The van der Waals surface area contributed by atoms with Crippen LogP contribution in [0.25, 0.3) is 0 Å². The zero-order valence-electron chi connectivity index (χ0n) is 15.3. The summed E-state index contributed by atoms with van der Waals surface area (Å²) in [5.74, 6) is -0.120. The van der Waals surface area contributed by atoms with Gasteiger partial charge in [-0.3, -0.25) is 9.59 Å². The normalized spacial score (nSPS) is 16.4. The molecular formula is C21H23NO5. The van der Waals surface area contributed by atoms with E-state index in [1.54, 1.807) is 4.90 Å². The van der Waals surface area contributed by atoms with Gasteiger partial charge < -0.3 is 19.5 Å². The number of likely N-dealkylation sites (tertiary alicyclic amines) is 1. The molecule has 1 amide bonds. The van der Waals surface area contributed by atoms with Crippen LogP contribution in [0.5, 0.6) is 11.5 Å². The summed E-state index contributed by atoms with van der Waals surface area (Å²) in [6, 6.07) is 15.3. The molecule has 1 aliphatic heterocycles. The lowest BCUT2D eigenvalue weighted by Gasteiger charge is -2.17. The van der Waals surface area contributed by atoms with Crippen LogP contribution in [-0.2, 0) is 16.1 Å². The van der Waals surface area contributed by atoms with Gasteiger partial charge in [0, 0.05) is 19.5 Å². The van der Waals surface area contributed by atoms with Gasteiger partial charge in [0.1, 0.15) is 24.7 Å². The average molecular weight is 369 g/mol. The Morgan fingerprint density at radius 1 is 1.15 bits per heavy atom. The number of aliphatic carboxylic acids is 1. The Balaban J connectivity index is 1.50. The maximum atomic E-state index is 12.0. The van der Waals surface area contributed by atoms with E-state index in [0.29, 0.717) is 25.5 Å². The molecule has 1 saturated heterocycles. The van der Waals surface area contributed by atoms with E-state index < -0.39 is 11.9 Å². The summed E-state index contributed by atoms with van der Waals surface area (Å²) in [7, 11) is 0. The van der Waals surface area contributed by atoms with Crippen LogP contribution in [0, 0.1) is 12.8 Å². The predicted molar refractivity (Wildman–Crippen MR) is 99.8 cm³/mol. The molecule has 6 heteroatoms. The third-order valence-electron chi connectivity index (χ3n) is 4.54. The van der Waals surface area contributed by atoms with Crippen LogP contribution in [0.2, 0.25) is 0 Å². The molecule has 1 aliphatic rings. The number of benzene rings is 2. The van der Waals surface area contributed by atoms with Crippen molar-refractivity contribution >= 4 is 11.9 Å². The standard InChI is InChI=1S/C21H23NO5/c1-15-5-2-3-8-19(15)27-10-9-26-18-7-4-6-16(11-18)13-22-14-17(21(24)25)12-20(22)23/h2-8,11,17H,9-10,12-14H2,1H3,(H,24,25). The van der Waals surface area contributed by atoms with E-state index in [4.69, 9.17) is 14.6 Å². The second-order valence-electron chi connectivity index (χ2n) is 6.62. The summed E-state index contributed by atoms with van der Waals surface area (Å²) in [5, 5.41) is 9.07. The summed E-state index contributed by atoms with van der Waals surface area (Å²) in [4.78, 5) is 24.6. The van der Waals surface area contributed by atoms with Gasteiger partial charge in [0.05, 0.1) is 5.92 Å². The lowest BCUT2D eigenvalue weighted by atomic mass is 10.1. The van der Waals surface area contributed by atoms with Crippen LogP contribution >= 0.6 is 0 Å². The Labute approximate surface area is 158 Å². The van der Waals surface area contributed by atoms with E-state index in [-0.39, 0.29) is 18.9 Å². The molecule has 0 saturated carbocycles. The molecule has 0 radical (unpaired) electrons. The Hall–Kier alpha value is -3.02. The number of hydrogen-bond donors (Lipinski definition) is 1. The lowest BCUT2D eigenvalue weighted by molar-refractivity contribution is -0.141. The third kappa shape index (κ3) is 5.00. The van der Waals surface area contributed by atoms with Crippen LogP contribution in [0.1, 0.15) is 17.5 Å². The highest BCUT2D eigenvalue weighted by Crippen LogP contribution is 2.22. The average Bonchev–Trinajstić information content (AvgIpc) is 3.01. The largest absolute Gasteiger partial charge is 0.490 e. The van der Waals surface area contributed by atoms with Crippen molar-refractivity contribution in [1.29, 1.82) is 0 Å². The number of amides is 1. The second kappa shape index (κ2) is 8.58. The first-order chi connectivity index (χ1) is 13.0. The highest BCUT2D eigenvalue weighted by Gasteiger charge is 2.34.